The highest BCUT2D eigenvalue weighted by Crippen LogP contribution is 2.34. The highest BCUT2D eigenvalue weighted by Gasteiger charge is 2.37. The normalized spacial score (nSPS) is 39.2. The fourth-order valence-electron chi connectivity index (χ4n) is 2.47. The predicted octanol–water partition coefficient (Wildman–Crippen LogP) is 2.52. The predicted molar refractivity (Wildman–Crippen MR) is 69.9 cm³/mol. The molecule has 1 aliphatic heterocycles. The Morgan fingerprint density at radius 2 is 2.17 bits per heavy atom. The summed E-state index contributed by atoms with van der Waals surface area (Å²) < 4.78 is 5.32. The average Bonchev–Trinajstić information content (AvgIpc) is 2.59. The first kappa shape index (κ1) is 13.1. The fraction of sp³-hybridized carbons (Fsp3) is 0.533. The van der Waals surface area contributed by atoms with E-state index in [1.807, 2.05) is 13.0 Å². The van der Waals surface area contributed by atoms with Crippen LogP contribution < -0.4 is 0 Å². The first-order valence-corrected chi connectivity index (χ1v) is 6.41. The van der Waals surface area contributed by atoms with Crippen LogP contribution in [-0.4, -0.2) is 23.3 Å². The van der Waals surface area contributed by atoms with Gasteiger partial charge in [0.1, 0.15) is 6.10 Å². The fourth-order valence-corrected chi connectivity index (χ4v) is 2.47. The Bertz CT molecular complexity index is 431. The lowest BCUT2D eigenvalue weighted by molar-refractivity contribution is -0.137. The first-order valence-electron chi connectivity index (χ1n) is 6.41. The topological polar surface area (TPSA) is 46.5 Å². The van der Waals surface area contributed by atoms with Gasteiger partial charge in [-0.05, 0) is 44.8 Å². The maximum Gasteiger partial charge on any atom is 0.334 e. The number of hydrogen-bond acceptors (Lipinski definition) is 3. The number of ether oxygens (including phenoxy) is 1. The van der Waals surface area contributed by atoms with Crippen molar-refractivity contribution in [3.8, 4) is 0 Å². The molecule has 1 fully saturated rings. The summed E-state index contributed by atoms with van der Waals surface area (Å²) in [5, 5.41) is 9.99. The number of allylic oxidation sites excluding steroid dienone is 1. The summed E-state index contributed by atoms with van der Waals surface area (Å²) in [5.74, 6) is -0.259. The average molecular weight is 248 g/mol. The van der Waals surface area contributed by atoms with Gasteiger partial charge in [0.05, 0.1) is 6.10 Å². The van der Waals surface area contributed by atoms with E-state index in [9.17, 15) is 9.90 Å². The Balaban J connectivity index is 2.29. The summed E-state index contributed by atoms with van der Waals surface area (Å²) in [6, 6.07) is 0. The monoisotopic (exact) mass is 248 g/mol. The Labute approximate surface area is 108 Å². The molecular formula is C15H20O3. The van der Waals surface area contributed by atoms with Crippen LogP contribution >= 0.6 is 0 Å². The molecule has 1 heterocycles. The van der Waals surface area contributed by atoms with Gasteiger partial charge in [0.15, 0.2) is 0 Å². The molecule has 98 valence electrons. The van der Waals surface area contributed by atoms with Crippen molar-refractivity contribution < 1.29 is 14.6 Å². The van der Waals surface area contributed by atoms with Crippen LogP contribution in [0.15, 0.2) is 35.5 Å². The van der Waals surface area contributed by atoms with Crippen LogP contribution in [0.2, 0.25) is 0 Å². The molecule has 1 aliphatic carbocycles. The maximum atomic E-state index is 11.6. The van der Waals surface area contributed by atoms with Gasteiger partial charge in [-0.2, -0.15) is 0 Å². The van der Waals surface area contributed by atoms with Gasteiger partial charge in [-0.1, -0.05) is 18.2 Å². The van der Waals surface area contributed by atoms with Gasteiger partial charge >= 0.3 is 5.97 Å². The van der Waals surface area contributed by atoms with Crippen molar-refractivity contribution in [2.24, 2.45) is 5.92 Å². The summed E-state index contributed by atoms with van der Waals surface area (Å²) in [6.07, 6.45) is 5.61. The van der Waals surface area contributed by atoms with E-state index >= 15 is 0 Å². The second kappa shape index (κ2) is 5.11. The van der Waals surface area contributed by atoms with E-state index in [1.165, 1.54) is 5.57 Å². The molecule has 0 bridgehead atoms. The number of fused-ring (bicyclic) bond motifs is 1. The second-order valence-electron chi connectivity index (χ2n) is 5.25. The van der Waals surface area contributed by atoms with Gasteiger partial charge in [0.2, 0.25) is 0 Å². The Kier molecular flexibility index (Phi) is 3.71. The lowest BCUT2D eigenvalue weighted by Gasteiger charge is -2.19. The molecule has 0 aromatic rings. The van der Waals surface area contributed by atoms with E-state index in [0.29, 0.717) is 12.0 Å². The minimum atomic E-state index is -0.494. The van der Waals surface area contributed by atoms with Crippen molar-refractivity contribution in [3.63, 3.8) is 0 Å². The number of hydrogen-bond donors (Lipinski definition) is 1. The Morgan fingerprint density at radius 3 is 2.89 bits per heavy atom. The van der Waals surface area contributed by atoms with E-state index in [1.54, 1.807) is 0 Å². The van der Waals surface area contributed by atoms with Crippen molar-refractivity contribution >= 4 is 5.97 Å². The number of carbonyl (C=O) groups excluding carboxylic acids is 1. The smallest absolute Gasteiger partial charge is 0.334 e. The molecule has 2 aliphatic rings. The molecular weight excluding hydrogens is 228 g/mol. The van der Waals surface area contributed by atoms with Gasteiger partial charge in [-0.3, -0.25) is 0 Å². The summed E-state index contributed by atoms with van der Waals surface area (Å²) in [4.78, 5) is 11.6. The SMILES string of the molecule is C=C1C(=O)OC2/C=C(\C)C(O)C/C=C(/C)CCC12. The minimum absolute atomic E-state index is 0.0427. The van der Waals surface area contributed by atoms with Crippen molar-refractivity contribution in [2.75, 3.05) is 0 Å². The van der Waals surface area contributed by atoms with Gasteiger partial charge in [0.25, 0.3) is 0 Å². The highest BCUT2D eigenvalue weighted by atomic mass is 16.5. The zero-order valence-corrected chi connectivity index (χ0v) is 11.0. The van der Waals surface area contributed by atoms with E-state index in [4.69, 9.17) is 4.74 Å². The third-order valence-corrected chi connectivity index (χ3v) is 3.84. The zero-order valence-electron chi connectivity index (χ0n) is 11.0. The van der Waals surface area contributed by atoms with E-state index in [0.717, 1.165) is 18.4 Å². The molecule has 3 atom stereocenters. The molecule has 1 saturated heterocycles. The summed E-state index contributed by atoms with van der Waals surface area (Å²) in [7, 11) is 0. The number of aliphatic hydroxyl groups is 1. The van der Waals surface area contributed by atoms with E-state index in [-0.39, 0.29) is 18.0 Å². The zero-order chi connectivity index (χ0) is 13.3. The molecule has 0 spiro atoms. The lowest BCUT2D eigenvalue weighted by atomic mass is 9.88. The standard InChI is InChI=1S/C15H20O3/c1-9-4-6-12-11(3)15(17)18-14(12)8-10(2)13(16)7-5-9/h5,8,12-14,16H,3-4,6-7H2,1-2H3/b9-5-,10-8+. The molecule has 0 amide bonds. The summed E-state index contributed by atoms with van der Waals surface area (Å²) in [6.45, 7) is 7.76. The van der Waals surface area contributed by atoms with E-state index in [2.05, 4.69) is 19.6 Å². The minimum Gasteiger partial charge on any atom is -0.454 e. The molecule has 3 unspecified atom stereocenters. The van der Waals surface area contributed by atoms with Crippen LogP contribution in [-0.2, 0) is 9.53 Å². The quantitative estimate of drug-likeness (QED) is 0.407. The Hall–Kier alpha value is -1.35. The van der Waals surface area contributed by atoms with Crippen LogP contribution in [0.3, 0.4) is 0 Å². The second-order valence-corrected chi connectivity index (χ2v) is 5.25. The maximum absolute atomic E-state index is 11.6. The van der Waals surface area contributed by atoms with Gasteiger partial charge < -0.3 is 9.84 Å². The molecule has 18 heavy (non-hydrogen) atoms. The third kappa shape index (κ3) is 2.56. The van der Waals surface area contributed by atoms with Crippen LogP contribution in [0, 0.1) is 5.92 Å². The molecule has 1 N–H and O–H groups in total. The molecule has 0 aromatic heterocycles. The van der Waals surface area contributed by atoms with Crippen molar-refractivity contribution in [3.05, 3.63) is 35.5 Å². The third-order valence-electron chi connectivity index (χ3n) is 3.84. The number of carbonyl (C=O) groups is 1. The molecule has 0 radical (unpaired) electrons. The van der Waals surface area contributed by atoms with Crippen LogP contribution in [0.25, 0.3) is 0 Å². The Morgan fingerprint density at radius 1 is 1.44 bits per heavy atom. The molecule has 2 rings (SSSR count). The molecule has 0 saturated carbocycles. The van der Waals surface area contributed by atoms with Gasteiger partial charge in [-0.15, -0.1) is 0 Å². The van der Waals surface area contributed by atoms with Crippen LogP contribution in [0.5, 0.6) is 0 Å². The van der Waals surface area contributed by atoms with Gasteiger partial charge in [-0.25, -0.2) is 4.79 Å². The number of esters is 1. The van der Waals surface area contributed by atoms with Gasteiger partial charge in [0, 0.05) is 11.5 Å². The highest BCUT2D eigenvalue weighted by molar-refractivity contribution is 5.91. The lowest BCUT2D eigenvalue weighted by Crippen LogP contribution is -2.18. The van der Waals surface area contributed by atoms with Crippen molar-refractivity contribution in [1.82, 2.24) is 0 Å². The van der Waals surface area contributed by atoms with Crippen molar-refractivity contribution in [1.29, 1.82) is 0 Å². The number of aliphatic hydroxyl groups excluding tert-OH is 1. The molecule has 3 nitrogen and oxygen atoms in total. The molecule has 0 aromatic carbocycles. The summed E-state index contributed by atoms with van der Waals surface area (Å²) in [5.41, 5.74) is 2.67. The first-order chi connectivity index (χ1) is 8.49. The summed E-state index contributed by atoms with van der Waals surface area (Å²) >= 11 is 0. The largest absolute Gasteiger partial charge is 0.454 e. The van der Waals surface area contributed by atoms with Crippen LogP contribution in [0.4, 0.5) is 0 Å². The van der Waals surface area contributed by atoms with E-state index < -0.39 is 6.10 Å². The van der Waals surface area contributed by atoms with Crippen molar-refractivity contribution in [2.45, 2.75) is 45.3 Å². The molecule has 3 heteroatoms. The number of rotatable bonds is 0. The van der Waals surface area contributed by atoms with Crippen LogP contribution in [0.1, 0.15) is 33.1 Å².